The first kappa shape index (κ1) is 11.3. The van der Waals surface area contributed by atoms with E-state index in [2.05, 4.69) is 22.2 Å². The third kappa shape index (κ3) is 2.39. The molecular formula is C13H18ClN3. The highest BCUT2D eigenvalue weighted by atomic mass is 35.5. The summed E-state index contributed by atoms with van der Waals surface area (Å²) < 4.78 is 0. The Morgan fingerprint density at radius 1 is 1.24 bits per heavy atom. The third-order valence-corrected chi connectivity index (χ3v) is 4.11. The van der Waals surface area contributed by atoms with Crippen molar-refractivity contribution in [3.05, 3.63) is 16.5 Å². The van der Waals surface area contributed by atoms with Gasteiger partial charge in [-0.15, -0.1) is 0 Å². The maximum Gasteiger partial charge on any atom is 0.137 e. The molecule has 0 radical (unpaired) electrons. The average Bonchev–Trinajstić information content (AvgIpc) is 3.18. The lowest BCUT2D eigenvalue weighted by Gasteiger charge is -2.16. The molecule has 3 nitrogen and oxygen atoms in total. The molecule has 1 N–H and O–H groups in total. The molecule has 2 fully saturated rings. The largest absolute Gasteiger partial charge is 0.367 e. The van der Waals surface area contributed by atoms with Crippen LogP contribution >= 0.6 is 11.6 Å². The molecule has 17 heavy (non-hydrogen) atoms. The summed E-state index contributed by atoms with van der Waals surface area (Å²) in [6.07, 6.45) is 5.08. The first-order valence-electron chi connectivity index (χ1n) is 6.45. The van der Waals surface area contributed by atoms with Crippen LogP contribution in [0.5, 0.6) is 0 Å². The molecule has 1 aromatic rings. The third-order valence-electron chi connectivity index (χ3n) is 3.74. The van der Waals surface area contributed by atoms with Crippen LogP contribution in [-0.2, 0) is 0 Å². The molecule has 0 amide bonds. The zero-order valence-corrected chi connectivity index (χ0v) is 11.1. The van der Waals surface area contributed by atoms with Gasteiger partial charge in [0.05, 0.1) is 0 Å². The Kier molecular flexibility index (Phi) is 2.74. The van der Waals surface area contributed by atoms with E-state index in [-0.39, 0.29) is 0 Å². The normalized spacial score (nSPS) is 21.4. The Morgan fingerprint density at radius 3 is 2.53 bits per heavy atom. The number of hydrogen-bond acceptors (Lipinski definition) is 3. The highest BCUT2D eigenvalue weighted by Gasteiger charge is 2.30. The fourth-order valence-corrected chi connectivity index (χ4v) is 2.28. The van der Waals surface area contributed by atoms with Gasteiger partial charge in [0.2, 0.25) is 0 Å². The van der Waals surface area contributed by atoms with Gasteiger partial charge in [-0.05, 0) is 45.4 Å². The maximum atomic E-state index is 6.18. The van der Waals surface area contributed by atoms with Gasteiger partial charge in [0.1, 0.15) is 16.8 Å². The van der Waals surface area contributed by atoms with Gasteiger partial charge >= 0.3 is 0 Å². The van der Waals surface area contributed by atoms with Gasteiger partial charge in [0, 0.05) is 17.5 Å². The lowest BCUT2D eigenvalue weighted by molar-refractivity contribution is 0.687. The van der Waals surface area contributed by atoms with Crippen LogP contribution in [0.3, 0.4) is 0 Å². The van der Waals surface area contributed by atoms with Gasteiger partial charge in [0.15, 0.2) is 0 Å². The summed E-state index contributed by atoms with van der Waals surface area (Å²) in [7, 11) is 0. The van der Waals surface area contributed by atoms with Crippen molar-refractivity contribution in [1.82, 2.24) is 9.97 Å². The molecule has 0 bridgehead atoms. The monoisotopic (exact) mass is 251 g/mol. The lowest BCUT2D eigenvalue weighted by Crippen LogP contribution is -2.19. The van der Waals surface area contributed by atoms with E-state index in [0.717, 1.165) is 23.1 Å². The second-order valence-corrected chi connectivity index (χ2v) is 5.75. The van der Waals surface area contributed by atoms with E-state index in [1.54, 1.807) is 0 Å². The standard InChI is InChI=1S/C13H18ClN3/c1-7-11(14)16-13(10-5-6-10)17-12(7)15-8(2)9-3-4-9/h8-10H,3-6H2,1-2H3,(H,15,16,17). The summed E-state index contributed by atoms with van der Waals surface area (Å²) in [6, 6.07) is 0.492. The summed E-state index contributed by atoms with van der Waals surface area (Å²) in [6.45, 7) is 4.21. The van der Waals surface area contributed by atoms with Crippen molar-refractivity contribution in [2.24, 2.45) is 5.92 Å². The SMILES string of the molecule is Cc1c(Cl)nc(C2CC2)nc1NC(C)C1CC1. The zero-order chi connectivity index (χ0) is 12.0. The van der Waals surface area contributed by atoms with Crippen molar-refractivity contribution in [1.29, 1.82) is 0 Å². The van der Waals surface area contributed by atoms with Crippen LogP contribution in [0.4, 0.5) is 5.82 Å². The van der Waals surface area contributed by atoms with Crippen LogP contribution in [0.1, 0.15) is 49.9 Å². The number of aromatic nitrogens is 2. The van der Waals surface area contributed by atoms with Gasteiger partial charge in [-0.2, -0.15) is 0 Å². The average molecular weight is 252 g/mol. The van der Waals surface area contributed by atoms with Crippen molar-refractivity contribution in [3.8, 4) is 0 Å². The first-order valence-corrected chi connectivity index (χ1v) is 6.83. The van der Waals surface area contributed by atoms with Gasteiger partial charge in [-0.3, -0.25) is 0 Å². The van der Waals surface area contributed by atoms with E-state index < -0.39 is 0 Å². The van der Waals surface area contributed by atoms with Crippen molar-refractivity contribution in [2.45, 2.75) is 51.5 Å². The predicted octanol–water partition coefficient (Wildman–Crippen LogP) is 3.53. The molecule has 0 spiro atoms. The predicted molar refractivity (Wildman–Crippen MR) is 69.6 cm³/mol. The fraction of sp³-hybridized carbons (Fsp3) is 0.692. The molecule has 0 aromatic carbocycles. The Morgan fingerprint density at radius 2 is 1.94 bits per heavy atom. The zero-order valence-electron chi connectivity index (χ0n) is 10.3. The van der Waals surface area contributed by atoms with Crippen molar-refractivity contribution >= 4 is 17.4 Å². The molecule has 2 aliphatic carbocycles. The molecule has 2 aliphatic rings. The van der Waals surface area contributed by atoms with Crippen molar-refractivity contribution < 1.29 is 0 Å². The Labute approximate surface area is 107 Å². The number of rotatable bonds is 4. The summed E-state index contributed by atoms with van der Waals surface area (Å²) in [5.74, 6) is 3.22. The first-order chi connectivity index (χ1) is 8.15. The minimum absolute atomic E-state index is 0.492. The Balaban J connectivity index is 1.85. The van der Waals surface area contributed by atoms with E-state index in [9.17, 15) is 0 Å². The molecule has 0 saturated heterocycles. The smallest absolute Gasteiger partial charge is 0.137 e. The summed E-state index contributed by atoms with van der Waals surface area (Å²) >= 11 is 6.18. The summed E-state index contributed by atoms with van der Waals surface area (Å²) in [4.78, 5) is 9.02. The molecule has 3 rings (SSSR count). The molecule has 4 heteroatoms. The minimum atomic E-state index is 0.492. The topological polar surface area (TPSA) is 37.8 Å². The summed E-state index contributed by atoms with van der Waals surface area (Å²) in [5.41, 5.74) is 0.976. The molecule has 2 saturated carbocycles. The molecule has 0 aliphatic heterocycles. The molecular weight excluding hydrogens is 234 g/mol. The van der Waals surface area contributed by atoms with E-state index >= 15 is 0 Å². The number of hydrogen-bond donors (Lipinski definition) is 1. The van der Waals surface area contributed by atoms with E-state index in [1.165, 1.54) is 25.7 Å². The molecule has 1 unspecified atom stereocenters. The molecule has 1 heterocycles. The van der Waals surface area contributed by atoms with Crippen LogP contribution in [0, 0.1) is 12.8 Å². The molecule has 92 valence electrons. The number of halogens is 1. The highest BCUT2D eigenvalue weighted by molar-refractivity contribution is 6.30. The second kappa shape index (κ2) is 4.13. The van der Waals surface area contributed by atoms with Crippen molar-refractivity contribution in [3.63, 3.8) is 0 Å². The van der Waals surface area contributed by atoms with Crippen LogP contribution in [0.2, 0.25) is 5.15 Å². The minimum Gasteiger partial charge on any atom is -0.367 e. The summed E-state index contributed by atoms with van der Waals surface area (Å²) in [5, 5.41) is 4.10. The Hall–Kier alpha value is -0.830. The lowest BCUT2D eigenvalue weighted by atomic mass is 10.2. The van der Waals surface area contributed by atoms with Crippen LogP contribution in [0.15, 0.2) is 0 Å². The van der Waals surface area contributed by atoms with Crippen molar-refractivity contribution in [2.75, 3.05) is 5.32 Å². The Bertz CT molecular complexity index is 439. The number of anilines is 1. The quantitative estimate of drug-likeness (QED) is 0.832. The number of nitrogens with zero attached hydrogens (tertiary/aromatic N) is 2. The highest BCUT2D eigenvalue weighted by Crippen LogP contribution is 2.40. The van der Waals surface area contributed by atoms with Gasteiger partial charge in [0.25, 0.3) is 0 Å². The van der Waals surface area contributed by atoms with E-state index in [1.807, 2.05) is 6.92 Å². The van der Waals surface area contributed by atoms with Crippen LogP contribution in [0.25, 0.3) is 0 Å². The van der Waals surface area contributed by atoms with Gasteiger partial charge < -0.3 is 5.32 Å². The van der Waals surface area contributed by atoms with E-state index in [4.69, 9.17) is 11.6 Å². The van der Waals surface area contributed by atoms with E-state index in [0.29, 0.717) is 17.1 Å². The molecule has 1 aromatic heterocycles. The van der Waals surface area contributed by atoms with Crippen LogP contribution in [-0.4, -0.2) is 16.0 Å². The fourth-order valence-electron chi connectivity index (χ4n) is 2.10. The maximum absolute atomic E-state index is 6.18. The number of nitrogens with one attached hydrogen (secondary N) is 1. The van der Waals surface area contributed by atoms with Gasteiger partial charge in [-0.25, -0.2) is 9.97 Å². The molecule has 1 atom stereocenters. The second-order valence-electron chi connectivity index (χ2n) is 5.39. The van der Waals surface area contributed by atoms with Crippen LogP contribution < -0.4 is 5.32 Å². The van der Waals surface area contributed by atoms with Gasteiger partial charge in [-0.1, -0.05) is 11.6 Å².